The molecule has 3 aromatic rings. The number of fused-ring (bicyclic) bond motifs is 1. The highest BCUT2D eigenvalue weighted by Crippen LogP contribution is 2.31. The molecule has 1 aliphatic rings. The minimum absolute atomic E-state index is 0.174. The van der Waals surface area contributed by atoms with E-state index in [1.54, 1.807) is 54.8 Å². The Balaban J connectivity index is 1.57. The molecule has 1 atom stereocenters. The van der Waals surface area contributed by atoms with E-state index in [0.717, 1.165) is 18.5 Å². The highest BCUT2D eigenvalue weighted by molar-refractivity contribution is 7.89. The van der Waals surface area contributed by atoms with Crippen molar-refractivity contribution in [3.63, 3.8) is 0 Å². The number of nitrogens with one attached hydrogen (secondary N) is 2. The van der Waals surface area contributed by atoms with Gasteiger partial charge in [0, 0.05) is 50.5 Å². The van der Waals surface area contributed by atoms with Crippen LogP contribution < -0.4 is 15.4 Å². The van der Waals surface area contributed by atoms with E-state index >= 15 is 0 Å². The molecular formula is C27H31F3N4O3S. The zero-order chi connectivity index (χ0) is 27.3. The van der Waals surface area contributed by atoms with Crippen molar-refractivity contribution in [1.29, 1.82) is 0 Å². The first-order valence-electron chi connectivity index (χ1n) is 12.2. The molecule has 2 aromatic carbocycles. The maximum absolute atomic E-state index is 13.5. The molecule has 2 heterocycles. The third kappa shape index (κ3) is 6.88. The molecule has 0 aliphatic carbocycles. The van der Waals surface area contributed by atoms with Crippen LogP contribution in [0.15, 0.2) is 47.4 Å². The van der Waals surface area contributed by atoms with Crippen molar-refractivity contribution in [3.05, 3.63) is 48.2 Å². The summed E-state index contributed by atoms with van der Waals surface area (Å²) in [5.74, 6) is 6.34. The number of anilines is 2. The van der Waals surface area contributed by atoms with Crippen LogP contribution in [0.1, 0.15) is 18.5 Å². The summed E-state index contributed by atoms with van der Waals surface area (Å²) in [6.45, 7) is 0.362. The van der Waals surface area contributed by atoms with Gasteiger partial charge in [-0.15, -0.1) is 4.31 Å². The smallest absolute Gasteiger partial charge is 0.406 e. The fourth-order valence-corrected chi connectivity index (χ4v) is 5.15. The normalized spacial score (nSPS) is 15.3. The van der Waals surface area contributed by atoms with Gasteiger partial charge in [0.2, 0.25) is 0 Å². The summed E-state index contributed by atoms with van der Waals surface area (Å²) in [7, 11) is 4.94. The lowest BCUT2D eigenvalue weighted by molar-refractivity contribution is -0.140. The third-order valence-corrected chi connectivity index (χ3v) is 7.47. The van der Waals surface area contributed by atoms with Gasteiger partial charge in [0.15, 0.2) is 4.90 Å². The van der Waals surface area contributed by atoms with E-state index in [9.17, 15) is 17.7 Å². The molecule has 0 radical (unpaired) electrons. The van der Waals surface area contributed by atoms with Gasteiger partial charge >= 0.3 is 6.18 Å². The van der Waals surface area contributed by atoms with Gasteiger partial charge in [-0.3, -0.25) is 0 Å². The van der Waals surface area contributed by atoms with Crippen molar-refractivity contribution in [2.75, 3.05) is 51.6 Å². The summed E-state index contributed by atoms with van der Waals surface area (Å²) in [6.07, 6.45) is -2.71. The van der Waals surface area contributed by atoms with Crippen molar-refractivity contribution in [2.45, 2.75) is 36.5 Å². The Kier molecular flexibility index (Phi) is 8.99. The molecule has 204 valence electrons. The number of ether oxygens (including phenoxy) is 2. The van der Waals surface area contributed by atoms with Gasteiger partial charge in [-0.1, -0.05) is 12.0 Å². The minimum atomic E-state index is -4.40. The van der Waals surface area contributed by atoms with Gasteiger partial charge < -0.3 is 29.2 Å². The van der Waals surface area contributed by atoms with Gasteiger partial charge in [0.1, 0.15) is 12.3 Å². The van der Waals surface area contributed by atoms with Gasteiger partial charge in [-0.2, -0.15) is 13.2 Å². The number of rotatable bonds is 8. The summed E-state index contributed by atoms with van der Waals surface area (Å²) in [5.41, 5.74) is 2.18. The van der Waals surface area contributed by atoms with E-state index < -0.39 is 24.1 Å². The molecule has 1 unspecified atom stereocenters. The van der Waals surface area contributed by atoms with Crippen LogP contribution in [0.25, 0.3) is 10.9 Å². The molecule has 1 fully saturated rings. The lowest BCUT2D eigenvalue weighted by Crippen LogP contribution is -2.27. The van der Waals surface area contributed by atoms with Gasteiger partial charge in [0.05, 0.1) is 41.9 Å². The van der Waals surface area contributed by atoms with Gasteiger partial charge in [0.25, 0.3) is 0 Å². The molecule has 11 heteroatoms. The monoisotopic (exact) mass is 548 g/mol. The van der Waals surface area contributed by atoms with Crippen molar-refractivity contribution >= 4 is 33.6 Å². The second-order valence-electron chi connectivity index (χ2n) is 9.08. The predicted molar refractivity (Wildman–Crippen MR) is 144 cm³/mol. The molecule has 0 bridgehead atoms. The first-order valence-corrected chi connectivity index (χ1v) is 13.3. The van der Waals surface area contributed by atoms with Crippen LogP contribution >= 0.6 is 0 Å². The molecule has 1 aromatic heterocycles. The van der Waals surface area contributed by atoms with Crippen LogP contribution in [0.2, 0.25) is 0 Å². The summed E-state index contributed by atoms with van der Waals surface area (Å²) >= 11 is -1.32. The number of halogens is 3. The predicted octanol–water partition coefficient (Wildman–Crippen LogP) is 4.85. The Hall–Kier alpha value is -3.04. The number of methoxy groups -OCH3 is 1. The molecule has 4 rings (SSSR count). The van der Waals surface area contributed by atoms with Crippen LogP contribution in [0, 0.1) is 11.8 Å². The molecule has 1 aliphatic heterocycles. The molecule has 2 N–H and O–H groups in total. The van der Waals surface area contributed by atoms with Crippen LogP contribution in [-0.2, 0) is 22.6 Å². The molecule has 1 saturated heterocycles. The van der Waals surface area contributed by atoms with E-state index in [0.29, 0.717) is 40.4 Å². The topological polar surface area (TPSA) is 73.8 Å². The molecular weight excluding hydrogens is 517 g/mol. The van der Waals surface area contributed by atoms with Gasteiger partial charge in [-0.25, -0.2) is 0 Å². The van der Waals surface area contributed by atoms with Crippen LogP contribution in [0.3, 0.4) is 0 Å². The third-order valence-electron chi connectivity index (χ3n) is 6.15. The molecule has 7 nitrogen and oxygen atoms in total. The highest BCUT2D eigenvalue weighted by Gasteiger charge is 2.30. The van der Waals surface area contributed by atoms with Crippen LogP contribution in [-0.4, -0.2) is 66.6 Å². The highest BCUT2D eigenvalue weighted by atomic mass is 32.2. The number of alkyl halides is 3. The van der Waals surface area contributed by atoms with E-state index in [1.807, 2.05) is 6.07 Å². The van der Waals surface area contributed by atoms with E-state index in [1.165, 1.54) is 11.7 Å². The molecule has 38 heavy (non-hydrogen) atoms. The number of aromatic nitrogens is 1. The first-order chi connectivity index (χ1) is 18.2. The molecule has 0 amide bonds. The second kappa shape index (κ2) is 12.2. The SMILES string of the molecule is COc1cc([S+]([O-])N(C)C)ccc1NCC#Cc1cc2c(NC3CCOCC3)cccc2n1CC(F)(F)F. The van der Waals surface area contributed by atoms with E-state index in [2.05, 4.69) is 22.5 Å². The van der Waals surface area contributed by atoms with Crippen molar-refractivity contribution in [2.24, 2.45) is 0 Å². The molecule has 0 saturated carbocycles. The average molecular weight is 549 g/mol. The van der Waals surface area contributed by atoms with Crippen molar-refractivity contribution in [1.82, 2.24) is 8.87 Å². The van der Waals surface area contributed by atoms with E-state index in [4.69, 9.17) is 9.47 Å². The Labute approximate surface area is 223 Å². The average Bonchev–Trinajstić information content (AvgIpc) is 3.23. The fraction of sp³-hybridized carbons (Fsp3) is 0.407. The summed E-state index contributed by atoms with van der Waals surface area (Å²) in [4.78, 5) is 0.588. The second-order valence-corrected chi connectivity index (χ2v) is 10.8. The summed E-state index contributed by atoms with van der Waals surface area (Å²) in [5, 5.41) is 7.30. The quantitative estimate of drug-likeness (QED) is 0.310. The number of benzene rings is 2. The van der Waals surface area contributed by atoms with Crippen molar-refractivity contribution < 1.29 is 27.2 Å². The lowest BCUT2D eigenvalue weighted by Gasteiger charge is -2.24. The summed E-state index contributed by atoms with van der Waals surface area (Å²) < 4.78 is 66.4. The Bertz CT molecular complexity index is 1310. The minimum Gasteiger partial charge on any atom is -0.593 e. The van der Waals surface area contributed by atoms with Crippen LogP contribution in [0.5, 0.6) is 5.75 Å². The van der Waals surface area contributed by atoms with E-state index in [-0.39, 0.29) is 18.3 Å². The number of nitrogens with zero attached hydrogens (tertiary/aromatic N) is 2. The van der Waals surface area contributed by atoms with Gasteiger partial charge in [-0.05, 0) is 49.1 Å². The first kappa shape index (κ1) is 28.0. The fourth-order valence-electron chi connectivity index (χ4n) is 4.34. The number of hydrogen-bond donors (Lipinski definition) is 2. The Morgan fingerprint density at radius 2 is 1.92 bits per heavy atom. The zero-order valence-corrected chi connectivity index (χ0v) is 22.3. The van der Waals surface area contributed by atoms with Crippen molar-refractivity contribution in [3.8, 4) is 17.6 Å². The standard InChI is InChI=1S/C27H31F3N4O3S/c1-33(2)38(35)21-9-10-24(26(17-21)36-3)31-13-5-6-20-16-22-23(32-19-11-14-37-15-12-19)7-4-8-25(22)34(20)18-27(28,29)30/h4,7-10,16-17,19,31-32H,11-15,18H2,1-3H3. The largest absolute Gasteiger partial charge is 0.593 e. The molecule has 0 spiro atoms. The number of hydrogen-bond acceptors (Lipinski definition) is 6. The lowest BCUT2D eigenvalue weighted by atomic mass is 10.1. The maximum atomic E-state index is 13.5. The maximum Gasteiger partial charge on any atom is 0.406 e. The summed E-state index contributed by atoms with van der Waals surface area (Å²) in [6, 6.07) is 12.4. The zero-order valence-electron chi connectivity index (χ0n) is 21.5. The Morgan fingerprint density at radius 1 is 1.16 bits per heavy atom. The van der Waals surface area contributed by atoms with Crippen LogP contribution in [0.4, 0.5) is 24.5 Å². The Morgan fingerprint density at radius 3 is 2.61 bits per heavy atom.